The summed E-state index contributed by atoms with van der Waals surface area (Å²) in [6.45, 7) is 3.53. The minimum absolute atomic E-state index is 0.144. The first-order chi connectivity index (χ1) is 11.7. The number of ether oxygens (including phenoxy) is 2. The monoisotopic (exact) mass is 395 g/mol. The molecule has 0 bridgehead atoms. The zero-order chi connectivity index (χ0) is 16.7. The molecule has 1 aromatic heterocycles. The van der Waals surface area contributed by atoms with Gasteiger partial charge in [0.2, 0.25) is 0 Å². The molecule has 0 spiro atoms. The van der Waals surface area contributed by atoms with Gasteiger partial charge < -0.3 is 14.5 Å². The predicted molar refractivity (Wildman–Crippen MR) is 95.8 cm³/mol. The molecule has 2 heterocycles. The number of aromatic amines is 1. The molecule has 0 saturated carbocycles. The van der Waals surface area contributed by atoms with Crippen LogP contribution in [0.1, 0.15) is 50.3 Å². The van der Waals surface area contributed by atoms with Gasteiger partial charge in [-0.25, -0.2) is 4.39 Å². The Morgan fingerprint density at radius 2 is 2.12 bits per heavy atom. The standard InChI is InChI=1S/C19H23BrFNO2/c1-2-3-6-19(18-23-8-9-24-18)7-4-5-13-14-10-12(21)11-15(20)16(14)22-17(13)19/h10-11,18,22H,2-9H2,1H3. The largest absolute Gasteiger partial charge is 0.357 e. The average Bonchev–Trinajstić information content (AvgIpc) is 3.21. The number of hydrogen-bond acceptors (Lipinski definition) is 2. The molecule has 0 amide bonds. The molecule has 1 aliphatic carbocycles. The lowest BCUT2D eigenvalue weighted by molar-refractivity contribution is -0.109. The number of unbranched alkanes of at least 4 members (excludes halogenated alkanes) is 1. The van der Waals surface area contributed by atoms with Gasteiger partial charge in [-0.15, -0.1) is 0 Å². The summed E-state index contributed by atoms with van der Waals surface area (Å²) in [5.74, 6) is -0.200. The highest BCUT2D eigenvalue weighted by Crippen LogP contribution is 2.48. The Hall–Kier alpha value is -0.910. The van der Waals surface area contributed by atoms with Gasteiger partial charge in [-0.05, 0) is 59.3 Å². The van der Waals surface area contributed by atoms with Gasteiger partial charge in [-0.2, -0.15) is 0 Å². The molecule has 1 fully saturated rings. The number of aromatic nitrogens is 1. The van der Waals surface area contributed by atoms with E-state index in [0.29, 0.717) is 13.2 Å². The summed E-state index contributed by atoms with van der Waals surface area (Å²) in [4.78, 5) is 3.61. The van der Waals surface area contributed by atoms with E-state index in [4.69, 9.17) is 9.47 Å². The number of benzene rings is 1. The minimum atomic E-state index is -0.200. The van der Waals surface area contributed by atoms with Gasteiger partial charge in [0.15, 0.2) is 6.29 Å². The van der Waals surface area contributed by atoms with Crippen molar-refractivity contribution in [3.05, 3.63) is 33.7 Å². The Kier molecular flexibility index (Phi) is 4.43. The van der Waals surface area contributed by atoms with Gasteiger partial charge in [0.05, 0.1) is 24.1 Å². The van der Waals surface area contributed by atoms with Gasteiger partial charge in [0.1, 0.15) is 5.82 Å². The van der Waals surface area contributed by atoms with E-state index < -0.39 is 0 Å². The molecular weight excluding hydrogens is 373 g/mol. The zero-order valence-electron chi connectivity index (χ0n) is 14.0. The molecule has 5 heteroatoms. The fraction of sp³-hybridized carbons (Fsp3) is 0.579. The van der Waals surface area contributed by atoms with Crippen LogP contribution < -0.4 is 0 Å². The smallest absolute Gasteiger partial charge is 0.168 e. The van der Waals surface area contributed by atoms with Crippen LogP contribution in [-0.2, 0) is 21.3 Å². The van der Waals surface area contributed by atoms with E-state index in [1.54, 1.807) is 6.07 Å². The molecule has 1 unspecified atom stereocenters. The maximum Gasteiger partial charge on any atom is 0.168 e. The maximum absolute atomic E-state index is 13.9. The van der Waals surface area contributed by atoms with Crippen LogP contribution >= 0.6 is 15.9 Å². The summed E-state index contributed by atoms with van der Waals surface area (Å²) in [7, 11) is 0. The Morgan fingerprint density at radius 3 is 2.88 bits per heavy atom. The lowest BCUT2D eigenvalue weighted by Crippen LogP contribution is -2.43. The van der Waals surface area contributed by atoms with Crippen molar-refractivity contribution in [2.24, 2.45) is 0 Å². The van der Waals surface area contributed by atoms with Crippen molar-refractivity contribution in [3.8, 4) is 0 Å². The maximum atomic E-state index is 13.9. The number of nitrogens with one attached hydrogen (secondary N) is 1. The Balaban J connectivity index is 1.90. The third-order valence-corrected chi connectivity index (χ3v) is 6.15. The highest BCUT2D eigenvalue weighted by atomic mass is 79.9. The topological polar surface area (TPSA) is 34.2 Å². The molecule has 1 N–H and O–H groups in total. The van der Waals surface area contributed by atoms with Crippen LogP contribution in [0, 0.1) is 5.82 Å². The molecule has 1 atom stereocenters. The van der Waals surface area contributed by atoms with E-state index in [0.717, 1.165) is 53.9 Å². The van der Waals surface area contributed by atoms with Crippen LogP contribution in [0.15, 0.2) is 16.6 Å². The summed E-state index contributed by atoms with van der Waals surface area (Å²) >= 11 is 3.51. The van der Waals surface area contributed by atoms with E-state index in [2.05, 4.69) is 27.8 Å². The Morgan fingerprint density at radius 1 is 1.33 bits per heavy atom. The highest BCUT2D eigenvalue weighted by molar-refractivity contribution is 9.10. The summed E-state index contributed by atoms with van der Waals surface area (Å²) in [5, 5.41) is 0.996. The second kappa shape index (κ2) is 6.43. The lowest BCUT2D eigenvalue weighted by Gasteiger charge is -2.40. The van der Waals surface area contributed by atoms with Crippen LogP contribution in [0.25, 0.3) is 10.9 Å². The summed E-state index contributed by atoms with van der Waals surface area (Å²) in [6, 6.07) is 3.18. The first-order valence-corrected chi connectivity index (χ1v) is 9.68. The molecule has 1 aromatic carbocycles. The van der Waals surface area contributed by atoms with E-state index in [1.807, 2.05) is 0 Å². The third kappa shape index (κ3) is 2.52. The van der Waals surface area contributed by atoms with Crippen molar-refractivity contribution in [3.63, 3.8) is 0 Å². The first kappa shape index (κ1) is 16.6. The predicted octanol–water partition coefficient (Wildman–Crippen LogP) is 5.21. The molecule has 2 aromatic rings. The van der Waals surface area contributed by atoms with E-state index in [-0.39, 0.29) is 17.5 Å². The van der Waals surface area contributed by atoms with Crippen molar-refractivity contribution >= 4 is 26.8 Å². The second-order valence-electron chi connectivity index (χ2n) is 6.98. The third-order valence-electron chi connectivity index (χ3n) is 5.53. The van der Waals surface area contributed by atoms with Gasteiger partial charge in [-0.3, -0.25) is 0 Å². The minimum Gasteiger partial charge on any atom is -0.357 e. The van der Waals surface area contributed by atoms with E-state index in [1.165, 1.54) is 17.3 Å². The fourth-order valence-electron chi connectivity index (χ4n) is 4.44. The molecule has 3 nitrogen and oxygen atoms in total. The Labute approximate surface area is 150 Å². The molecule has 24 heavy (non-hydrogen) atoms. The zero-order valence-corrected chi connectivity index (χ0v) is 15.5. The van der Waals surface area contributed by atoms with Crippen LogP contribution in [0.4, 0.5) is 4.39 Å². The molecule has 1 saturated heterocycles. The molecular formula is C19H23BrFNO2. The van der Waals surface area contributed by atoms with Crippen molar-refractivity contribution in [2.75, 3.05) is 13.2 Å². The van der Waals surface area contributed by atoms with Crippen molar-refractivity contribution in [1.29, 1.82) is 0 Å². The van der Waals surface area contributed by atoms with Crippen LogP contribution in [0.2, 0.25) is 0 Å². The second-order valence-corrected chi connectivity index (χ2v) is 7.83. The van der Waals surface area contributed by atoms with Crippen molar-refractivity contribution in [1.82, 2.24) is 4.98 Å². The van der Waals surface area contributed by atoms with Gasteiger partial charge in [0.25, 0.3) is 0 Å². The van der Waals surface area contributed by atoms with Gasteiger partial charge in [-0.1, -0.05) is 19.8 Å². The number of aryl methyl sites for hydroxylation is 1. The quantitative estimate of drug-likeness (QED) is 0.770. The first-order valence-electron chi connectivity index (χ1n) is 8.89. The molecule has 130 valence electrons. The molecule has 1 aliphatic heterocycles. The number of fused-ring (bicyclic) bond motifs is 3. The summed E-state index contributed by atoms with van der Waals surface area (Å²) < 4.78 is 26.7. The Bertz CT molecular complexity index is 753. The number of H-pyrrole nitrogens is 1. The number of rotatable bonds is 4. The average molecular weight is 396 g/mol. The summed E-state index contributed by atoms with van der Waals surface area (Å²) in [5.41, 5.74) is 3.29. The number of hydrogen-bond donors (Lipinski definition) is 1. The van der Waals surface area contributed by atoms with Gasteiger partial charge in [0, 0.05) is 15.6 Å². The SMILES string of the molecule is CCCCC1(C2OCCO2)CCCc2c1[nH]c1c(Br)cc(F)cc21. The van der Waals surface area contributed by atoms with Crippen LogP contribution in [0.5, 0.6) is 0 Å². The molecule has 4 rings (SSSR count). The molecule has 2 aliphatic rings. The van der Waals surface area contributed by atoms with Crippen LogP contribution in [-0.4, -0.2) is 24.5 Å². The van der Waals surface area contributed by atoms with Gasteiger partial charge >= 0.3 is 0 Å². The number of halogens is 2. The molecule has 0 radical (unpaired) electrons. The summed E-state index contributed by atoms with van der Waals surface area (Å²) in [6.07, 6.45) is 6.23. The van der Waals surface area contributed by atoms with Crippen LogP contribution in [0.3, 0.4) is 0 Å². The van der Waals surface area contributed by atoms with Crippen molar-refractivity contribution in [2.45, 2.75) is 57.2 Å². The highest BCUT2D eigenvalue weighted by Gasteiger charge is 2.47. The normalized spacial score (nSPS) is 24.6. The van der Waals surface area contributed by atoms with E-state index >= 15 is 0 Å². The lowest BCUT2D eigenvalue weighted by atomic mass is 9.69. The van der Waals surface area contributed by atoms with E-state index in [9.17, 15) is 4.39 Å². The fourth-order valence-corrected chi connectivity index (χ4v) is 4.97. The van der Waals surface area contributed by atoms with Crippen molar-refractivity contribution < 1.29 is 13.9 Å².